The summed E-state index contributed by atoms with van der Waals surface area (Å²) in [5, 5.41) is 11.4. The largest absolute Gasteiger partial charge is 0.493 e. The predicted octanol–water partition coefficient (Wildman–Crippen LogP) is 1.46. The van der Waals surface area contributed by atoms with Crippen molar-refractivity contribution in [1.82, 2.24) is 5.32 Å². The molecule has 1 aromatic rings. The van der Waals surface area contributed by atoms with E-state index in [1.165, 1.54) is 14.0 Å². The average Bonchev–Trinajstić information content (AvgIpc) is 2.34. The van der Waals surface area contributed by atoms with Crippen LogP contribution >= 0.6 is 15.9 Å². The van der Waals surface area contributed by atoms with Gasteiger partial charge in [-0.25, -0.2) is 0 Å². The molecule has 2 N–H and O–H groups in total. The fourth-order valence-corrected chi connectivity index (χ4v) is 1.82. The lowest BCUT2D eigenvalue weighted by molar-refractivity contribution is -0.119. The lowest BCUT2D eigenvalue weighted by Gasteiger charge is -2.13. The number of hydrogen-bond donors (Lipinski definition) is 2. The van der Waals surface area contributed by atoms with Gasteiger partial charge in [0.05, 0.1) is 13.7 Å². The minimum Gasteiger partial charge on any atom is -0.493 e. The van der Waals surface area contributed by atoms with Crippen molar-refractivity contribution in [3.63, 3.8) is 0 Å². The number of carbonyl (C=O) groups excluding carboxylic acids is 1. The first kappa shape index (κ1) is 14.8. The van der Waals surface area contributed by atoms with E-state index in [0.29, 0.717) is 18.0 Å². The van der Waals surface area contributed by atoms with Gasteiger partial charge in [-0.1, -0.05) is 15.9 Å². The molecule has 0 bridgehead atoms. The minimum absolute atomic E-state index is 0.0611. The van der Waals surface area contributed by atoms with Crippen LogP contribution in [0.25, 0.3) is 0 Å². The molecule has 0 unspecified atom stereocenters. The predicted molar refractivity (Wildman–Crippen MR) is 70.8 cm³/mol. The summed E-state index contributed by atoms with van der Waals surface area (Å²) in [7, 11) is 1.54. The van der Waals surface area contributed by atoms with Crippen molar-refractivity contribution in [3.05, 3.63) is 22.2 Å². The van der Waals surface area contributed by atoms with Crippen molar-refractivity contribution in [2.24, 2.45) is 0 Å². The molecular formula is C12H16BrNO4. The van der Waals surface area contributed by atoms with Gasteiger partial charge in [-0.3, -0.25) is 4.79 Å². The Kier molecular flexibility index (Phi) is 5.94. The topological polar surface area (TPSA) is 67.8 Å². The van der Waals surface area contributed by atoms with Crippen molar-refractivity contribution >= 4 is 21.8 Å². The molecule has 0 aliphatic rings. The van der Waals surface area contributed by atoms with Crippen molar-refractivity contribution in [3.8, 4) is 11.5 Å². The number of halogens is 1. The number of aliphatic hydroxyl groups is 1. The van der Waals surface area contributed by atoms with E-state index < -0.39 is 0 Å². The van der Waals surface area contributed by atoms with Crippen molar-refractivity contribution in [2.75, 3.05) is 20.3 Å². The molecule has 18 heavy (non-hydrogen) atoms. The van der Waals surface area contributed by atoms with E-state index in [2.05, 4.69) is 21.2 Å². The smallest absolute Gasteiger partial charge is 0.217 e. The fourth-order valence-electron chi connectivity index (χ4n) is 1.36. The monoisotopic (exact) mass is 317 g/mol. The number of nitrogens with one attached hydrogen (secondary N) is 1. The zero-order valence-electron chi connectivity index (χ0n) is 10.3. The molecule has 0 atom stereocenters. The van der Waals surface area contributed by atoms with E-state index in [1.54, 1.807) is 12.1 Å². The van der Waals surface area contributed by atoms with Crippen LogP contribution in [0.3, 0.4) is 0 Å². The van der Waals surface area contributed by atoms with Crippen molar-refractivity contribution in [2.45, 2.75) is 13.5 Å². The zero-order valence-corrected chi connectivity index (χ0v) is 11.9. The SMILES string of the molecule is COc1cc(CNC(C)=O)c(Br)cc1OCCO. The number of benzene rings is 1. The van der Waals surface area contributed by atoms with Gasteiger partial charge in [0.25, 0.3) is 0 Å². The molecule has 100 valence electrons. The van der Waals surface area contributed by atoms with Crippen molar-refractivity contribution in [1.29, 1.82) is 0 Å². The summed E-state index contributed by atoms with van der Waals surface area (Å²) < 4.78 is 11.4. The maximum Gasteiger partial charge on any atom is 0.217 e. The second-order valence-corrected chi connectivity index (χ2v) is 4.43. The first-order valence-corrected chi connectivity index (χ1v) is 6.22. The van der Waals surface area contributed by atoms with Gasteiger partial charge < -0.3 is 19.9 Å². The summed E-state index contributed by atoms with van der Waals surface area (Å²) in [4.78, 5) is 10.9. The molecule has 1 amide bonds. The highest BCUT2D eigenvalue weighted by molar-refractivity contribution is 9.10. The Bertz CT molecular complexity index is 423. The summed E-state index contributed by atoms with van der Waals surface area (Å²) in [6, 6.07) is 3.54. The van der Waals surface area contributed by atoms with Crippen LogP contribution in [0.4, 0.5) is 0 Å². The molecule has 0 radical (unpaired) electrons. The van der Waals surface area contributed by atoms with E-state index in [-0.39, 0.29) is 19.1 Å². The van der Waals surface area contributed by atoms with Gasteiger partial charge in [0.15, 0.2) is 11.5 Å². The Morgan fingerprint density at radius 3 is 2.72 bits per heavy atom. The van der Waals surface area contributed by atoms with E-state index in [1.807, 2.05) is 0 Å². The third-order valence-electron chi connectivity index (χ3n) is 2.21. The minimum atomic E-state index is -0.0959. The number of rotatable bonds is 6. The molecule has 5 nitrogen and oxygen atoms in total. The van der Waals surface area contributed by atoms with E-state index in [9.17, 15) is 4.79 Å². The van der Waals surface area contributed by atoms with E-state index in [0.717, 1.165) is 10.0 Å². The lowest BCUT2D eigenvalue weighted by atomic mass is 10.2. The molecule has 0 fully saturated rings. The molecule has 0 saturated carbocycles. The van der Waals surface area contributed by atoms with Gasteiger partial charge in [0, 0.05) is 17.9 Å². The highest BCUT2D eigenvalue weighted by Crippen LogP contribution is 2.33. The standard InChI is InChI=1S/C12H16BrNO4/c1-8(16)14-7-9-5-11(17-2)12(6-10(9)13)18-4-3-15/h5-6,15H,3-4,7H2,1-2H3,(H,14,16). The quantitative estimate of drug-likeness (QED) is 0.833. The highest BCUT2D eigenvalue weighted by atomic mass is 79.9. The number of ether oxygens (including phenoxy) is 2. The Labute approximate surface area is 114 Å². The molecule has 0 aromatic heterocycles. The Balaban J connectivity index is 2.90. The van der Waals surface area contributed by atoms with Gasteiger partial charge in [0.1, 0.15) is 6.61 Å². The van der Waals surface area contributed by atoms with Gasteiger partial charge in [-0.05, 0) is 17.7 Å². The van der Waals surface area contributed by atoms with Crippen molar-refractivity contribution < 1.29 is 19.4 Å². The number of carbonyl (C=O) groups is 1. The van der Waals surface area contributed by atoms with Crippen LogP contribution in [0.15, 0.2) is 16.6 Å². The van der Waals surface area contributed by atoms with E-state index >= 15 is 0 Å². The van der Waals surface area contributed by atoms with Gasteiger partial charge in [-0.15, -0.1) is 0 Å². The molecule has 0 saturated heterocycles. The number of aliphatic hydroxyl groups excluding tert-OH is 1. The lowest BCUT2D eigenvalue weighted by Crippen LogP contribution is -2.19. The Hall–Kier alpha value is -1.27. The van der Waals surface area contributed by atoms with E-state index in [4.69, 9.17) is 14.6 Å². The number of hydrogen-bond acceptors (Lipinski definition) is 4. The maximum absolute atomic E-state index is 10.9. The highest BCUT2D eigenvalue weighted by Gasteiger charge is 2.10. The van der Waals surface area contributed by atoms with Crippen LogP contribution in [0.2, 0.25) is 0 Å². The summed E-state index contributed by atoms with van der Waals surface area (Å²) in [5.74, 6) is 1.01. The molecular weight excluding hydrogens is 302 g/mol. The summed E-state index contributed by atoms with van der Waals surface area (Å²) in [6.07, 6.45) is 0. The maximum atomic E-state index is 10.9. The molecule has 0 aliphatic carbocycles. The molecule has 1 aromatic carbocycles. The average molecular weight is 318 g/mol. The first-order chi connectivity index (χ1) is 8.58. The fraction of sp³-hybridized carbons (Fsp3) is 0.417. The van der Waals surface area contributed by atoms with Crippen LogP contribution < -0.4 is 14.8 Å². The first-order valence-electron chi connectivity index (χ1n) is 5.43. The third-order valence-corrected chi connectivity index (χ3v) is 2.95. The Morgan fingerprint density at radius 1 is 1.44 bits per heavy atom. The second-order valence-electron chi connectivity index (χ2n) is 3.58. The summed E-state index contributed by atoms with van der Waals surface area (Å²) in [5.41, 5.74) is 0.887. The summed E-state index contributed by atoms with van der Waals surface area (Å²) in [6.45, 7) is 2.01. The number of amides is 1. The second kappa shape index (κ2) is 7.23. The van der Waals surface area contributed by atoms with Crippen LogP contribution in [0, 0.1) is 0 Å². The van der Waals surface area contributed by atoms with Crippen LogP contribution in [0.5, 0.6) is 11.5 Å². The normalized spacial score (nSPS) is 10.0. The van der Waals surface area contributed by atoms with Gasteiger partial charge >= 0.3 is 0 Å². The van der Waals surface area contributed by atoms with Gasteiger partial charge in [0.2, 0.25) is 5.91 Å². The zero-order chi connectivity index (χ0) is 13.5. The van der Waals surface area contributed by atoms with Gasteiger partial charge in [-0.2, -0.15) is 0 Å². The molecule has 1 rings (SSSR count). The van der Waals surface area contributed by atoms with Crippen LogP contribution in [-0.2, 0) is 11.3 Å². The molecule has 0 heterocycles. The summed E-state index contributed by atoms with van der Waals surface area (Å²) >= 11 is 3.40. The molecule has 6 heteroatoms. The third kappa shape index (κ3) is 4.19. The number of methoxy groups -OCH3 is 1. The Morgan fingerprint density at radius 2 is 2.17 bits per heavy atom. The van der Waals surface area contributed by atoms with Crippen LogP contribution in [0.1, 0.15) is 12.5 Å². The molecule has 0 aliphatic heterocycles. The van der Waals surface area contributed by atoms with Crippen LogP contribution in [-0.4, -0.2) is 31.3 Å². The molecule has 0 spiro atoms.